The van der Waals surface area contributed by atoms with Crippen LogP contribution in [0.1, 0.15) is 5.56 Å². The van der Waals surface area contributed by atoms with Crippen LogP contribution < -0.4 is 10.1 Å². The number of rotatable bonds is 6. The summed E-state index contributed by atoms with van der Waals surface area (Å²) in [4.78, 5) is 4.57. The first-order chi connectivity index (χ1) is 14.3. The Morgan fingerprint density at radius 2 is 1.59 bits per heavy atom. The fourth-order valence-corrected chi connectivity index (χ4v) is 3.27. The highest BCUT2D eigenvalue weighted by Gasteiger charge is 2.08. The van der Waals surface area contributed by atoms with Crippen LogP contribution in [0.5, 0.6) is 17.2 Å². The molecule has 0 aliphatic rings. The summed E-state index contributed by atoms with van der Waals surface area (Å²) >= 11 is 0. The molecule has 4 aromatic rings. The van der Waals surface area contributed by atoms with Crippen molar-refractivity contribution in [3.8, 4) is 17.2 Å². The molecule has 0 aliphatic heterocycles. The minimum absolute atomic E-state index is 0.174. The van der Waals surface area contributed by atoms with Crippen molar-refractivity contribution in [1.29, 1.82) is 0 Å². The molecule has 0 bridgehead atoms. The van der Waals surface area contributed by atoms with Crippen LogP contribution >= 0.6 is 0 Å². The van der Waals surface area contributed by atoms with Crippen molar-refractivity contribution in [3.63, 3.8) is 0 Å². The molecule has 0 radical (unpaired) electrons. The van der Waals surface area contributed by atoms with Crippen molar-refractivity contribution >= 4 is 28.4 Å². The monoisotopic (exact) mass is 382 g/mol. The average molecular weight is 382 g/mol. The lowest BCUT2D eigenvalue weighted by Crippen LogP contribution is -1.96. The summed E-state index contributed by atoms with van der Waals surface area (Å²) in [6.07, 6.45) is 2.40. The summed E-state index contributed by atoms with van der Waals surface area (Å²) in [5, 5.41) is 15.4. The van der Waals surface area contributed by atoms with Crippen LogP contribution in [0.2, 0.25) is 0 Å². The first-order valence-corrected chi connectivity index (χ1v) is 9.52. The van der Waals surface area contributed by atoms with Crippen LogP contribution in [0, 0.1) is 0 Å². The maximum atomic E-state index is 10.3. The molecule has 0 unspecified atom stereocenters. The van der Waals surface area contributed by atoms with Gasteiger partial charge >= 0.3 is 0 Å². The van der Waals surface area contributed by atoms with Crippen molar-refractivity contribution in [2.45, 2.75) is 6.42 Å². The molecule has 4 nitrogen and oxygen atoms in total. The lowest BCUT2D eigenvalue weighted by molar-refractivity contribution is 0.477. The van der Waals surface area contributed by atoms with E-state index in [4.69, 9.17) is 4.74 Å². The molecule has 29 heavy (non-hydrogen) atoms. The number of phenolic OH excluding ortho intramolecular Hbond substituents is 1. The molecule has 0 atom stereocenters. The number of hydrogen-bond donors (Lipinski definition) is 2. The van der Waals surface area contributed by atoms with Gasteiger partial charge in [0.1, 0.15) is 17.2 Å². The summed E-state index contributed by atoms with van der Waals surface area (Å²) in [7, 11) is 1.87. The van der Waals surface area contributed by atoms with Gasteiger partial charge in [-0.3, -0.25) is 4.99 Å². The van der Waals surface area contributed by atoms with Crippen molar-refractivity contribution in [2.24, 2.45) is 4.99 Å². The number of para-hydroxylation sites is 3. The molecule has 0 aliphatic carbocycles. The summed E-state index contributed by atoms with van der Waals surface area (Å²) in [5.41, 5.74) is 2.53. The van der Waals surface area contributed by atoms with E-state index in [-0.39, 0.29) is 5.75 Å². The largest absolute Gasteiger partial charge is 0.506 e. The van der Waals surface area contributed by atoms with Gasteiger partial charge in [0.15, 0.2) is 5.75 Å². The predicted octanol–water partition coefficient (Wildman–Crippen LogP) is 6.32. The van der Waals surface area contributed by atoms with Crippen LogP contribution in [0.25, 0.3) is 10.8 Å². The maximum Gasteiger partial charge on any atom is 0.150 e. The van der Waals surface area contributed by atoms with Gasteiger partial charge in [-0.2, -0.15) is 0 Å². The van der Waals surface area contributed by atoms with E-state index in [1.807, 2.05) is 92.1 Å². The zero-order chi connectivity index (χ0) is 20.1. The van der Waals surface area contributed by atoms with E-state index in [0.717, 1.165) is 33.5 Å². The van der Waals surface area contributed by atoms with Gasteiger partial charge in [0.05, 0.1) is 5.69 Å². The van der Waals surface area contributed by atoms with Crippen molar-refractivity contribution in [2.75, 3.05) is 12.4 Å². The molecular formula is C25H22N2O2. The Kier molecular flexibility index (Phi) is 5.43. The molecule has 2 N–H and O–H groups in total. The number of nitrogens with one attached hydrogen (secondary N) is 1. The van der Waals surface area contributed by atoms with Crippen LogP contribution in [0.4, 0.5) is 11.4 Å². The Bertz CT molecular complexity index is 1170. The molecule has 144 valence electrons. The van der Waals surface area contributed by atoms with E-state index in [0.29, 0.717) is 12.1 Å². The number of ether oxygens (including phenoxy) is 1. The quantitative estimate of drug-likeness (QED) is 0.383. The molecule has 0 saturated heterocycles. The highest BCUT2D eigenvalue weighted by Crippen LogP contribution is 2.35. The lowest BCUT2D eigenvalue weighted by Gasteiger charge is -2.13. The normalized spacial score (nSPS) is 11.1. The standard InChI is InChI=1S/C25H22N2O2/c1-26-21-11-5-7-13-24(21)29-23-12-6-3-9-19(23)16-17-27-25-20-10-4-2-8-18(20)14-15-22(25)28/h2-15,17,26,28H,16H2,1H3. The smallest absolute Gasteiger partial charge is 0.150 e. The van der Waals surface area contributed by atoms with Gasteiger partial charge in [0.2, 0.25) is 0 Å². The number of fused-ring (bicyclic) bond motifs is 1. The van der Waals surface area contributed by atoms with Gasteiger partial charge in [-0.15, -0.1) is 0 Å². The van der Waals surface area contributed by atoms with Gasteiger partial charge < -0.3 is 15.2 Å². The van der Waals surface area contributed by atoms with Gasteiger partial charge in [0, 0.05) is 30.6 Å². The van der Waals surface area contributed by atoms with Gasteiger partial charge in [-0.25, -0.2) is 0 Å². The van der Waals surface area contributed by atoms with Gasteiger partial charge in [0.25, 0.3) is 0 Å². The van der Waals surface area contributed by atoms with Crippen LogP contribution in [0.15, 0.2) is 89.9 Å². The number of aromatic hydroxyl groups is 1. The minimum Gasteiger partial charge on any atom is -0.506 e. The Labute approximate surface area is 170 Å². The number of nitrogens with zero attached hydrogens (tertiary/aromatic N) is 1. The molecule has 4 aromatic carbocycles. The Morgan fingerprint density at radius 1 is 0.862 bits per heavy atom. The first kappa shape index (κ1) is 18.6. The molecule has 0 saturated carbocycles. The fourth-order valence-electron chi connectivity index (χ4n) is 3.27. The number of hydrogen-bond acceptors (Lipinski definition) is 4. The summed E-state index contributed by atoms with van der Waals surface area (Å²) < 4.78 is 6.15. The van der Waals surface area contributed by atoms with Crippen molar-refractivity contribution in [1.82, 2.24) is 0 Å². The second kappa shape index (κ2) is 8.48. The van der Waals surface area contributed by atoms with Crippen molar-refractivity contribution < 1.29 is 9.84 Å². The lowest BCUT2D eigenvalue weighted by atomic mass is 10.1. The molecular weight excluding hydrogens is 360 g/mol. The Hall–Kier alpha value is -3.79. The highest BCUT2D eigenvalue weighted by atomic mass is 16.5. The van der Waals surface area contributed by atoms with Crippen LogP contribution in [0.3, 0.4) is 0 Å². The highest BCUT2D eigenvalue weighted by molar-refractivity contribution is 5.96. The second-order valence-electron chi connectivity index (χ2n) is 6.63. The molecule has 4 heteroatoms. The summed E-state index contributed by atoms with van der Waals surface area (Å²) in [6, 6.07) is 27.2. The summed E-state index contributed by atoms with van der Waals surface area (Å²) in [6.45, 7) is 0. The van der Waals surface area contributed by atoms with E-state index in [1.165, 1.54) is 0 Å². The van der Waals surface area contributed by atoms with Crippen LogP contribution in [-0.4, -0.2) is 18.4 Å². The zero-order valence-corrected chi connectivity index (χ0v) is 16.2. The average Bonchev–Trinajstić information content (AvgIpc) is 2.77. The molecule has 0 amide bonds. The molecule has 0 spiro atoms. The topological polar surface area (TPSA) is 53.8 Å². The third-order valence-electron chi connectivity index (χ3n) is 4.76. The minimum atomic E-state index is 0.174. The molecule has 4 rings (SSSR count). The van der Waals surface area contributed by atoms with E-state index >= 15 is 0 Å². The number of phenols is 1. The number of anilines is 1. The third-order valence-corrected chi connectivity index (χ3v) is 4.76. The number of aliphatic imine (C=N–C) groups is 1. The molecule has 0 aromatic heterocycles. The van der Waals surface area contributed by atoms with Crippen LogP contribution in [-0.2, 0) is 6.42 Å². The Balaban J connectivity index is 1.60. The zero-order valence-electron chi connectivity index (χ0n) is 16.2. The molecule has 0 heterocycles. The van der Waals surface area contributed by atoms with Gasteiger partial charge in [-0.1, -0.05) is 60.7 Å². The molecule has 0 fully saturated rings. The fraction of sp³-hybridized carbons (Fsp3) is 0.0800. The van der Waals surface area contributed by atoms with E-state index < -0.39 is 0 Å². The van der Waals surface area contributed by atoms with E-state index in [1.54, 1.807) is 6.07 Å². The second-order valence-corrected chi connectivity index (χ2v) is 6.63. The maximum absolute atomic E-state index is 10.3. The number of benzene rings is 4. The SMILES string of the molecule is CNc1ccccc1Oc1ccccc1CC=Nc1c(O)ccc2ccccc12. The van der Waals surface area contributed by atoms with Gasteiger partial charge in [-0.05, 0) is 29.7 Å². The summed E-state index contributed by atoms with van der Waals surface area (Å²) in [5.74, 6) is 1.72. The first-order valence-electron chi connectivity index (χ1n) is 9.52. The Morgan fingerprint density at radius 3 is 2.45 bits per heavy atom. The predicted molar refractivity (Wildman–Crippen MR) is 120 cm³/mol. The third kappa shape index (κ3) is 4.06. The van der Waals surface area contributed by atoms with E-state index in [9.17, 15) is 5.11 Å². The van der Waals surface area contributed by atoms with E-state index in [2.05, 4.69) is 10.3 Å². The van der Waals surface area contributed by atoms with Crippen molar-refractivity contribution in [3.05, 3.63) is 90.5 Å².